The first-order chi connectivity index (χ1) is 27.7. The number of benzene rings is 8. The highest BCUT2D eigenvalue weighted by Gasteiger charge is 2.21. The highest BCUT2D eigenvalue weighted by Crippen LogP contribution is 2.47. The molecule has 11 rings (SSSR count). The molecule has 4 nitrogen and oxygen atoms in total. The molecule has 0 aliphatic rings. The van der Waals surface area contributed by atoms with Gasteiger partial charge < -0.3 is 4.42 Å². The van der Waals surface area contributed by atoms with Crippen molar-refractivity contribution in [1.82, 2.24) is 15.0 Å². The lowest BCUT2D eigenvalue weighted by molar-refractivity contribution is 0.670. The zero-order chi connectivity index (χ0) is 37.0. The Balaban J connectivity index is 1.12. The number of hydrogen-bond acceptors (Lipinski definition) is 5. The van der Waals surface area contributed by atoms with E-state index in [1.165, 1.54) is 20.5 Å². The van der Waals surface area contributed by atoms with E-state index in [0.29, 0.717) is 17.5 Å². The van der Waals surface area contributed by atoms with Crippen LogP contribution in [0.25, 0.3) is 110 Å². The lowest BCUT2D eigenvalue weighted by Gasteiger charge is -2.11. The SMILES string of the molecule is c1ccc(-c2ccc(-c3nc(-c4ccccc4)nc(-c4cccc5sc6c(-c7cc(-c8ccccc8)cc8c7oc7ccccc78)cccc6c45)n3)cc2)cc1. The Morgan fingerprint density at radius 1 is 0.357 bits per heavy atom. The Morgan fingerprint density at radius 3 is 1.62 bits per heavy atom. The number of rotatable bonds is 6. The van der Waals surface area contributed by atoms with E-state index in [1.54, 1.807) is 11.3 Å². The highest BCUT2D eigenvalue weighted by molar-refractivity contribution is 7.26. The summed E-state index contributed by atoms with van der Waals surface area (Å²) in [5, 5.41) is 4.51. The zero-order valence-electron chi connectivity index (χ0n) is 30.1. The fourth-order valence-corrected chi connectivity index (χ4v) is 9.11. The summed E-state index contributed by atoms with van der Waals surface area (Å²) in [5.74, 6) is 1.91. The molecule has 0 aliphatic carbocycles. The van der Waals surface area contributed by atoms with Crippen molar-refractivity contribution in [3.8, 4) is 67.5 Å². The fraction of sp³-hybridized carbons (Fsp3) is 0. The van der Waals surface area contributed by atoms with Crippen molar-refractivity contribution in [2.75, 3.05) is 0 Å². The van der Waals surface area contributed by atoms with Crippen molar-refractivity contribution in [1.29, 1.82) is 0 Å². The van der Waals surface area contributed by atoms with Gasteiger partial charge in [-0.2, -0.15) is 0 Å². The Labute approximate surface area is 327 Å². The molecule has 0 saturated heterocycles. The third kappa shape index (κ3) is 5.48. The van der Waals surface area contributed by atoms with E-state index in [4.69, 9.17) is 19.4 Å². The van der Waals surface area contributed by atoms with Gasteiger partial charge in [-0.1, -0.05) is 164 Å². The molecule has 0 bridgehead atoms. The summed E-state index contributed by atoms with van der Waals surface area (Å²) in [4.78, 5) is 15.4. The molecule has 8 aromatic carbocycles. The van der Waals surface area contributed by atoms with Gasteiger partial charge in [-0.15, -0.1) is 11.3 Å². The number of thiophene rings is 1. The van der Waals surface area contributed by atoms with Crippen LogP contribution in [0.3, 0.4) is 0 Å². The molecule has 0 spiro atoms. The third-order valence-electron chi connectivity index (χ3n) is 10.6. The molecule has 5 heteroatoms. The number of aromatic nitrogens is 3. The van der Waals surface area contributed by atoms with Gasteiger partial charge in [0.15, 0.2) is 17.5 Å². The molecule has 3 heterocycles. The highest BCUT2D eigenvalue weighted by atomic mass is 32.1. The summed E-state index contributed by atoms with van der Waals surface area (Å²) in [6.45, 7) is 0. The van der Waals surface area contributed by atoms with E-state index in [9.17, 15) is 0 Å². The summed E-state index contributed by atoms with van der Waals surface area (Å²) in [6.07, 6.45) is 0. The van der Waals surface area contributed by atoms with Crippen LogP contribution in [0.1, 0.15) is 0 Å². The number of fused-ring (bicyclic) bond motifs is 6. The zero-order valence-corrected chi connectivity index (χ0v) is 30.9. The first kappa shape index (κ1) is 32.2. The summed E-state index contributed by atoms with van der Waals surface area (Å²) in [7, 11) is 0. The second kappa shape index (κ2) is 13.3. The largest absolute Gasteiger partial charge is 0.455 e. The summed E-state index contributed by atoms with van der Waals surface area (Å²) in [5.41, 5.74) is 11.5. The lowest BCUT2D eigenvalue weighted by Crippen LogP contribution is -2.00. The monoisotopic (exact) mass is 733 g/mol. The molecular formula is C51H31N3OS. The van der Waals surface area contributed by atoms with Gasteiger partial charge >= 0.3 is 0 Å². The molecule has 0 unspecified atom stereocenters. The average Bonchev–Trinajstić information content (AvgIpc) is 3.86. The molecule has 0 atom stereocenters. The molecule has 0 fully saturated rings. The summed E-state index contributed by atoms with van der Waals surface area (Å²) in [6, 6.07) is 65.6. The minimum absolute atomic E-state index is 0.635. The Bertz CT molecular complexity index is 3230. The normalized spacial score (nSPS) is 11.6. The standard InChI is InChI=1S/C51H31N3OS/c1-4-14-32(15-5-1)34-26-28-36(29-27-34)50-52-49(35-18-8-3-9-19-35)53-51(54-50)41-23-13-25-45-46(41)40-22-12-21-39(48(40)56-45)43-31-37(33-16-6-2-7-17-33)30-42-38-20-10-11-24-44(38)55-47(42)43/h1-31H. The van der Waals surface area contributed by atoms with E-state index in [1.807, 2.05) is 30.3 Å². The maximum Gasteiger partial charge on any atom is 0.164 e. The quantitative estimate of drug-likeness (QED) is 0.171. The van der Waals surface area contributed by atoms with Gasteiger partial charge in [0.05, 0.1) is 0 Å². The van der Waals surface area contributed by atoms with Crippen molar-refractivity contribution in [2.45, 2.75) is 0 Å². The second-order valence-corrected chi connectivity index (χ2v) is 15.0. The van der Waals surface area contributed by atoms with Crippen molar-refractivity contribution < 1.29 is 4.42 Å². The molecule has 0 radical (unpaired) electrons. The molecule has 56 heavy (non-hydrogen) atoms. The molecule has 262 valence electrons. The van der Waals surface area contributed by atoms with Crippen LogP contribution in [0.5, 0.6) is 0 Å². The molecule has 0 saturated carbocycles. The predicted molar refractivity (Wildman–Crippen MR) is 233 cm³/mol. The van der Waals surface area contributed by atoms with Crippen LogP contribution >= 0.6 is 11.3 Å². The van der Waals surface area contributed by atoms with Gasteiger partial charge in [0.25, 0.3) is 0 Å². The molecular weight excluding hydrogens is 703 g/mol. The van der Waals surface area contributed by atoms with Crippen LogP contribution in [0.15, 0.2) is 192 Å². The van der Waals surface area contributed by atoms with E-state index < -0.39 is 0 Å². The third-order valence-corrected chi connectivity index (χ3v) is 11.8. The Hall–Kier alpha value is -7.21. The molecule has 0 N–H and O–H groups in total. The van der Waals surface area contributed by atoms with Gasteiger partial charge in [0.1, 0.15) is 11.2 Å². The van der Waals surface area contributed by atoms with Crippen molar-refractivity contribution in [2.24, 2.45) is 0 Å². The van der Waals surface area contributed by atoms with Crippen LogP contribution in [0.4, 0.5) is 0 Å². The molecule has 3 aromatic heterocycles. The smallest absolute Gasteiger partial charge is 0.164 e. The van der Waals surface area contributed by atoms with Crippen LogP contribution in [0, 0.1) is 0 Å². The van der Waals surface area contributed by atoms with E-state index in [-0.39, 0.29) is 0 Å². The van der Waals surface area contributed by atoms with Crippen molar-refractivity contribution in [3.63, 3.8) is 0 Å². The Kier molecular flexibility index (Phi) is 7.64. The van der Waals surface area contributed by atoms with Crippen LogP contribution < -0.4 is 0 Å². The Morgan fingerprint density at radius 2 is 0.893 bits per heavy atom. The summed E-state index contributed by atoms with van der Waals surface area (Å²) < 4.78 is 9.02. The number of nitrogens with zero attached hydrogens (tertiary/aromatic N) is 3. The maximum atomic E-state index is 6.67. The minimum atomic E-state index is 0.635. The molecule has 11 aromatic rings. The summed E-state index contributed by atoms with van der Waals surface area (Å²) >= 11 is 1.80. The van der Waals surface area contributed by atoms with Crippen molar-refractivity contribution in [3.05, 3.63) is 188 Å². The van der Waals surface area contributed by atoms with Gasteiger partial charge in [0, 0.05) is 58.8 Å². The topological polar surface area (TPSA) is 51.8 Å². The van der Waals surface area contributed by atoms with Crippen LogP contribution in [-0.2, 0) is 0 Å². The number of para-hydroxylation sites is 1. The minimum Gasteiger partial charge on any atom is -0.455 e. The van der Waals surface area contributed by atoms with Gasteiger partial charge in [-0.3, -0.25) is 0 Å². The maximum absolute atomic E-state index is 6.67. The van der Waals surface area contributed by atoms with E-state index >= 15 is 0 Å². The molecule has 0 aliphatic heterocycles. The number of hydrogen-bond donors (Lipinski definition) is 0. The first-order valence-corrected chi connectivity index (χ1v) is 19.5. The van der Waals surface area contributed by atoms with Gasteiger partial charge in [-0.25, -0.2) is 15.0 Å². The van der Waals surface area contributed by atoms with E-state index in [2.05, 4.69) is 158 Å². The lowest BCUT2D eigenvalue weighted by atomic mass is 9.94. The average molecular weight is 734 g/mol. The predicted octanol–water partition coefficient (Wildman–Crippen LogP) is 14.1. The van der Waals surface area contributed by atoms with Gasteiger partial charge in [0.2, 0.25) is 0 Å². The molecule has 0 amide bonds. The van der Waals surface area contributed by atoms with E-state index in [0.717, 1.165) is 71.7 Å². The fourth-order valence-electron chi connectivity index (χ4n) is 7.85. The van der Waals surface area contributed by atoms with Crippen LogP contribution in [-0.4, -0.2) is 15.0 Å². The number of furan rings is 1. The van der Waals surface area contributed by atoms with Gasteiger partial charge in [-0.05, 0) is 46.5 Å². The van der Waals surface area contributed by atoms with Crippen molar-refractivity contribution >= 4 is 53.4 Å². The van der Waals surface area contributed by atoms with Crippen LogP contribution in [0.2, 0.25) is 0 Å². The second-order valence-electron chi connectivity index (χ2n) is 13.9. The first-order valence-electron chi connectivity index (χ1n) is 18.7.